The molecule has 0 bridgehead atoms. The Morgan fingerprint density at radius 2 is 2.12 bits per heavy atom. The number of nitrogen functional groups attached to an aromatic ring is 1. The highest BCUT2D eigenvalue weighted by Gasteiger charge is 2.38. The van der Waals surface area contributed by atoms with Crippen LogP contribution in [0.4, 0.5) is 19.0 Å². The molecule has 0 aliphatic heterocycles. The van der Waals surface area contributed by atoms with Crippen LogP contribution >= 0.6 is 0 Å². The van der Waals surface area contributed by atoms with Crippen LogP contribution in [0.15, 0.2) is 6.20 Å². The van der Waals surface area contributed by atoms with Gasteiger partial charge in [-0.1, -0.05) is 0 Å². The number of nitriles is 1. The molecule has 0 saturated heterocycles. The second-order valence-electron chi connectivity index (χ2n) is 2.48. The fourth-order valence-electron chi connectivity index (χ4n) is 0.533. The molecule has 1 aromatic rings. The lowest BCUT2D eigenvalue weighted by molar-refractivity contribution is -0.192. The van der Waals surface area contributed by atoms with Crippen molar-refractivity contribution in [1.82, 2.24) is 9.78 Å². The van der Waals surface area contributed by atoms with Gasteiger partial charge in [0.05, 0.1) is 6.20 Å². The van der Waals surface area contributed by atoms with Gasteiger partial charge in [-0.05, 0) is 0 Å². The van der Waals surface area contributed by atoms with Gasteiger partial charge in [-0.2, -0.15) is 23.5 Å². The minimum atomic E-state index is -5.08. The Morgan fingerprint density at radius 1 is 1.69 bits per heavy atom. The molecular formula is C7H7F3N4O2. The van der Waals surface area contributed by atoms with Crippen molar-refractivity contribution in [2.24, 2.45) is 7.05 Å². The monoisotopic (exact) mass is 236 g/mol. The lowest BCUT2D eigenvalue weighted by Crippen LogP contribution is -2.21. The van der Waals surface area contributed by atoms with Crippen LogP contribution in [0.25, 0.3) is 0 Å². The first-order valence-corrected chi connectivity index (χ1v) is 3.67. The van der Waals surface area contributed by atoms with Crippen molar-refractivity contribution in [3.05, 3.63) is 11.8 Å². The highest BCUT2D eigenvalue weighted by Crippen LogP contribution is 2.13. The molecule has 1 aromatic heterocycles. The smallest absolute Gasteiger partial charge is 0.475 e. The summed E-state index contributed by atoms with van der Waals surface area (Å²) in [5, 5.41) is 19.2. The van der Waals surface area contributed by atoms with Crippen molar-refractivity contribution >= 4 is 11.8 Å². The molecular weight excluding hydrogens is 229 g/mol. The highest BCUT2D eigenvalue weighted by molar-refractivity contribution is 5.73. The standard InChI is InChI=1S/C5H6N4.C2HF3O2/c1-9-5(7)4(2-6)3-8-9;3-2(4,5)1(6)7/h3H,7H2,1H3;(H,6,7). The Labute approximate surface area is 87.7 Å². The fourth-order valence-corrected chi connectivity index (χ4v) is 0.533. The predicted molar refractivity (Wildman–Crippen MR) is 46.0 cm³/mol. The van der Waals surface area contributed by atoms with Gasteiger partial charge in [0.25, 0.3) is 0 Å². The Hall–Kier alpha value is -2.24. The van der Waals surface area contributed by atoms with Crippen LogP contribution in [0.5, 0.6) is 0 Å². The van der Waals surface area contributed by atoms with Crippen molar-refractivity contribution in [1.29, 1.82) is 5.26 Å². The van der Waals surface area contributed by atoms with E-state index >= 15 is 0 Å². The summed E-state index contributed by atoms with van der Waals surface area (Å²) in [5.41, 5.74) is 5.82. The Morgan fingerprint density at radius 3 is 2.25 bits per heavy atom. The second-order valence-corrected chi connectivity index (χ2v) is 2.48. The van der Waals surface area contributed by atoms with E-state index in [9.17, 15) is 13.2 Å². The van der Waals surface area contributed by atoms with E-state index < -0.39 is 12.1 Å². The van der Waals surface area contributed by atoms with Crippen LogP contribution in [0.1, 0.15) is 5.56 Å². The predicted octanol–water partition coefficient (Wildman–Crippen LogP) is 0.507. The summed E-state index contributed by atoms with van der Waals surface area (Å²) >= 11 is 0. The number of halogens is 3. The van der Waals surface area contributed by atoms with Gasteiger partial charge in [0.1, 0.15) is 17.5 Å². The molecule has 0 aliphatic rings. The SMILES string of the molecule is Cn1ncc(C#N)c1N.O=C(O)C(F)(F)F. The largest absolute Gasteiger partial charge is 0.490 e. The molecule has 9 heteroatoms. The second kappa shape index (κ2) is 5.01. The molecule has 0 fully saturated rings. The average Bonchev–Trinajstić information content (AvgIpc) is 2.47. The lowest BCUT2D eigenvalue weighted by Gasteiger charge is -1.93. The van der Waals surface area contributed by atoms with Crippen molar-refractivity contribution < 1.29 is 23.1 Å². The van der Waals surface area contributed by atoms with Crippen molar-refractivity contribution in [3.63, 3.8) is 0 Å². The zero-order chi connectivity index (χ0) is 12.9. The summed E-state index contributed by atoms with van der Waals surface area (Å²) in [6.07, 6.45) is -3.64. The van der Waals surface area contributed by atoms with Gasteiger partial charge in [-0.25, -0.2) is 4.79 Å². The van der Waals surface area contributed by atoms with E-state index in [1.54, 1.807) is 7.05 Å². The number of carboxylic acids is 1. The van der Waals surface area contributed by atoms with Gasteiger partial charge in [-0.15, -0.1) is 0 Å². The number of aryl methyl sites for hydroxylation is 1. The maximum atomic E-state index is 10.6. The average molecular weight is 236 g/mol. The van der Waals surface area contributed by atoms with Crippen molar-refractivity contribution in [3.8, 4) is 6.07 Å². The molecule has 6 nitrogen and oxygen atoms in total. The number of nitrogens with zero attached hydrogens (tertiary/aromatic N) is 3. The number of anilines is 1. The molecule has 0 amide bonds. The third kappa shape index (κ3) is 3.87. The zero-order valence-corrected chi connectivity index (χ0v) is 7.99. The van der Waals surface area contributed by atoms with Gasteiger partial charge in [0.2, 0.25) is 0 Å². The molecule has 1 heterocycles. The van der Waals surface area contributed by atoms with Crippen molar-refractivity contribution in [2.45, 2.75) is 6.18 Å². The number of carboxylic acid groups (broad SMARTS) is 1. The van der Waals surface area contributed by atoms with Crippen LogP contribution in [-0.4, -0.2) is 27.0 Å². The van der Waals surface area contributed by atoms with Gasteiger partial charge in [0.15, 0.2) is 0 Å². The fraction of sp³-hybridized carbons (Fsp3) is 0.286. The Kier molecular flexibility index (Phi) is 4.31. The molecule has 0 aromatic carbocycles. The van der Waals surface area contributed by atoms with E-state index in [2.05, 4.69) is 5.10 Å². The van der Waals surface area contributed by atoms with Crippen LogP contribution in [0.2, 0.25) is 0 Å². The van der Waals surface area contributed by atoms with E-state index in [1.807, 2.05) is 6.07 Å². The number of nitrogens with two attached hydrogens (primary N) is 1. The number of hydrogen-bond donors (Lipinski definition) is 2. The molecule has 88 valence electrons. The first-order chi connectivity index (χ1) is 7.20. The van der Waals surface area contributed by atoms with E-state index in [0.717, 1.165) is 0 Å². The van der Waals surface area contributed by atoms with Crippen LogP contribution < -0.4 is 5.73 Å². The summed E-state index contributed by atoms with van der Waals surface area (Å²) in [4.78, 5) is 8.90. The number of aliphatic carboxylic acids is 1. The number of hydrogen-bond acceptors (Lipinski definition) is 4. The maximum Gasteiger partial charge on any atom is 0.490 e. The summed E-state index contributed by atoms with van der Waals surface area (Å²) in [5.74, 6) is -2.34. The van der Waals surface area contributed by atoms with Crippen LogP contribution in [0.3, 0.4) is 0 Å². The number of aromatic nitrogens is 2. The van der Waals surface area contributed by atoms with Crippen molar-refractivity contribution in [2.75, 3.05) is 5.73 Å². The molecule has 3 N–H and O–H groups in total. The minimum absolute atomic E-state index is 0.414. The van der Waals surface area contributed by atoms with E-state index in [-0.39, 0.29) is 0 Å². The van der Waals surface area contributed by atoms with Gasteiger partial charge in [-0.3, -0.25) is 4.68 Å². The zero-order valence-electron chi connectivity index (χ0n) is 7.99. The van der Waals surface area contributed by atoms with Gasteiger partial charge in [0, 0.05) is 7.05 Å². The van der Waals surface area contributed by atoms with Crippen LogP contribution in [-0.2, 0) is 11.8 Å². The highest BCUT2D eigenvalue weighted by atomic mass is 19.4. The summed E-state index contributed by atoms with van der Waals surface area (Å²) in [6.45, 7) is 0. The molecule has 0 saturated carbocycles. The summed E-state index contributed by atoms with van der Waals surface area (Å²) in [7, 11) is 1.69. The number of carbonyl (C=O) groups is 1. The normalized spacial score (nSPS) is 9.94. The molecule has 0 unspecified atom stereocenters. The molecule has 0 aliphatic carbocycles. The topological polar surface area (TPSA) is 105 Å². The molecule has 0 atom stereocenters. The van der Waals surface area contributed by atoms with Crippen LogP contribution in [0, 0.1) is 11.3 Å². The van der Waals surface area contributed by atoms with E-state index in [1.165, 1.54) is 10.9 Å². The number of alkyl halides is 3. The third-order valence-electron chi connectivity index (χ3n) is 1.35. The van der Waals surface area contributed by atoms with E-state index in [0.29, 0.717) is 11.4 Å². The quantitative estimate of drug-likeness (QED) is 0.682. The molecule has 0 spiro atoms. The summed E-state index contributed by atoms with van der Waals surface area (Å²) in [6, 6.07) is 1.91. The Bertz CT molecular complexity index is 418. The molecule has 16 heavy (non-hydrogen) atoms. The Balaban J connectivity index is 0.000000293. The third-order valence-corrected chi connectivity index (χ3v) is 1.35. The summed E-state index contributed by atoms with van der Waals surface area (Å²) < 4.78 is 33.2. The van der Waals surface area contributed by atoms with Gasteiger partial charge >= 0.3 is 12.1 Å². The maximum absolute atomic E-state index is 10.6. The molecule has 0 radical (unpaired) electrons. The lowest BCUT2D eigenvalue weighted by atomic mass is 10.4. The van der Waals surface area contributed by atoms with Gasteiger partial charge < -0.3 is 10.8 Å². The first-order valence-electron chi connectivity index (χ1n) is 3.67. The first kappa shape index (κ1) is 13.8. The number of rotatable bonds is 0. The van der Waals surface area contributed by atoms with E-state index in [4.69, 9.17) is 20.9 Å². The minimum Gasteiger partial charge on any atom is -0.475 e. The molecule has 1 rings (SSSR count).